The van der Waals surface area contributed by atoms with Gasteiger partial charge < -0.3 is 9.47 Å². The van der Waals surface area contributed by atoms with Gasteiger partial charge in [-0.25, -0.2) is 9.69 Å². The van der Waals surface area contributed by atoms with Gasteiger partial charge in [-0.2, -0.15) is 0 Å². The summed E-state index contributed by atoms with van der Waals surface area (Å²) in [6, 6.07) is 7.29. The minimum absolute atomic E-state index is 0.0364. The molecule has 0 radical (unpaired) electrons. The van der Waals surface area contributed by atoms with Crippen molar-refractivity contribution in [1.82, 2.24) is 5.32 Å². The monoisotopic (exact) mass is 545 g/mol. The van der Waals surface area contributed by atoms with Gasteiger partial charge in [0, 0.05) is 12.1 Å². The van der Waals surface area contributed by atoms with Crippen molar-refractivity contribution in [1.29, 1.82) is 0 Å². The number of hydrogen-bond donors (Lipinski definition) is 1. The normalized spacial score (nSPS) is 14.8. The van der Waals surface area contributed by atoms with Gasteiger partial charge in [0.15, 0.2) is 11.5 Å². The maximum absolute atomic E-state index is 13.1. The van der Waals surface area contributed by atoms with Crippen molar-refractivity contribution in [3.63, 3.8) is 0 Å². The summed E-state index contributed by atoms with van der Waals surface area (Å²) in [5.74, 6) is -0.894. The summed E-state index contributed by atoms with van der Waals surface area (Å²) in [6.07, 6.45) is 5.50. The summed E-state index contributed by atoms with van der Waals surface area (Å²) in [7, 11) is 1.48. The Morgan fingerprint density at radius 2 is 1.91 bits per heavy atom. The third-order valence-corrected chi connectivity index (χ3v) is 5.80. The van der Waals surface area contributed by atoms with Gasteiger partial charge in [-0.1, -0.05) is 32.3 Å². The van der Waals surface area contributed by atoms with Crippen LogP contribution in [0.25, 0.3) is 6.08 Å². The molecule has 0 aromatic heterocycles. The van der Waals surface area contributed by atoms with Crippen LogP contribution < -0.4 is 19.7 Å². The van der Waals surface area contributed by atoms with Gasteiger partial charge in [0.2, 0.25) is 0 Å². The number of unbranched alkanes of at least 4 members (excludes halogenated alkanes) is 3. The fourth-order valence-corrected chi connectivity index (χ4v) is 4.04. The van der Waals surface area contributed by atoms with E-state index in [1.165, 1.54) is 31.4 Å². The lowest BCUT2D eigenvalue weighted by Gasteiger charge is -2.26. The second kappa shape index (κ2) is 11.6. The summed E-state index contributed by atoms with van der Waals surface area (Å²) >= 11 is 3.45. The Labute approximate surface area is 210 Å². The minimum atomic E-state index is -0.997. The molecular formula is C24H24BrN3O7. The zero-order chi connectivity index (χ0) is 25.5. The molecule has 4 amide bonds. The summed E-state index contributed by atoms with van der Waals surface area (Å²) in [4.78, 5) is 49.1. The van der Waals surface area contributed by atoms with E-state index in [9.17, 15) is 24.5 Å². The first-order valence-corrected chi connectivity index (χ1v) is 11.7. The number of anilines is 1. The van der Waals surface area contributed by atoms with E-state index in [4.69, 9.17) is 9.47 Å². The van der Waals surface area contributed by atoms with Gasteiger partial charge >= 0.3 is 6.03 Å². The number of carbonyl (C=O) groups excluding carboxylic acids is 3. The third-order valence-electron chi connectivity index (χ3n) is 5.21. The molecule has 184 valence electrons. The predicted molar refractivity (Wildman–Crippen MR) is 132 cm³/mol. The zero-order valence-electron chi connectivity index (χ0n) is 19.2. The lowest BCUT2D eigenvalue weighted by atomic mass is 10.1. The average molecular weight is 546 g/mol. The van der Waals surface area contributed by atoms with Crippen LogP contribution in [-0.4, -0.2) is 36.5 Å². The first kappa shape index (κ1) is 25.9. The number of nitrogens with one attached hydrogen (secondary N) is 1. The van der Waals surface area contributed by atoms with Crippen molar-refractivity contribution in [3.8, 4) is 11.5 Å². The zero-order valence-corrected chi connectivity index (χ0v) is 20.8. The van der Waals surface area contributed by atoms with Crippen LogP contribution in [0.4, 0.5) is 16.2 Å². The number of rotatable bonds is 10. The first-order chi connectivity index (χ1) is 16.8. The summed E-state index contributed by atoms with van der Waals surface area (Å²) < 4.78 is 11.9. The molecule has 0 aliphatic carbocycles. The smallest absolute Gasteiger partial charge is 0.335 e. The van der Waals surface area contributed by atoms with Crippen LogP contribution in [0.15, 0.2) is 46.4 Å². The average Bonchev–Trinajstić information content (AvgIpc) is 2.82. The van der Waals surface area contributed by atoms with Crippen molar-refractivity contribution in [2.24, 2.45) is 0 Å². The molecule has 0 spiro atoms. The number of benzene rings is 2. The molecule has 1 fully saturated rings. The van der Waals surface area contributed by atoms with Crippen LogP contribution in [-0.2, 0) is 9.59 Å². The van der Waals surface area contributed by atoms with Gasteiger partial charge in [0.1, 0.15) is 5.57 Å². The van der Waals surface area contributed by atoms with Crippen molar-refractivity contribution in [2.45, 2.75) is 32.6 Å². The Morgan fingerprint density at radius 3 is 2.60 bits per heavy atom. The van der Waals surface area contributed by atoms with Crippen LogP contribution in [0.5, 0.6) is 11.5 Å². The third kappa shape index (κ3) is 6.04. The van der Waals surface area contributed by atoms with Crippen molar-refractivity contribution in [2.75, 3.05) is 18.6 Å². The molecule has 0 unspecified atom stereocenters. The highest BCUT2D eigenvalue weighted by molar-refractivity contribution is 9.10. The lowest BCUT2D eigenvalue weighted by molar-refractivity contribution is -0.384. The molecule has 1 aliphatic heterocycles. The quantitative estimate of drug-likeness (QED) is 0.146. The molecule has 0 bridgehead atoms. The molecule has 2 aromatic carbocycles. The number of carbonyl (C=O) groups is 3. The summed E-state index contributed by atoms with van der Waals surface area (Å²) in [5.41, 5.74) is -0.215. The SMILES string of the molecule is CCCCCCOc1c(Br)cc(/C=C2/C(=O)NC(=O)N(c3cccc([N+](=O)[O-])c3)C2=O)cc1OC. The molecule has 11 heteroatoms. The molecular weight excluding hydrogens is 522 g/mol. The molecule has 3 rings (SSSR count). The number of ether oxygens (including phenoxy) is 2. The Kier molecular flexibility index (Phi) is 8.58. The van der Waals surface area contributed by atoms with E-state index >= 15 is 0 Å². The molecule has 1 aliphatic rings. The minimum Gasteiger partial charge on any atom is -0.493 e. The molecule has 1 saturated heterocycles. The number of urea groups is 1. The van der Waals surface area contributed by atoms with E-state index in [2.05, 4.69) is 28.2 Å². The molecule has 35 heavy (non-hydrogen) atoms. The number of nitro groups is 1. The van der Waals surface area contributed by atoms with Crippen LogP contribution in [0, 0.1) is 10.1 Å². The van der Waals surface area contributed by atoms with Gasteiger partial charge in [-0.05, 0) is 52.2 Å². The summed E-state index contributed by atoms with van der Waals surface area (Å²) in [5, 5.41) is 13.2. The number of nitro benzene ring substituents is 1. The summed E-state index contributed by atoms with van der Waals surface area (Å²) in [6.45, 7) is 2.64. The van der Waals surface area contributed by atoms with E-state index in [1.54, 1.807) is 12.1 Å². The maximum Gasteiger partial charge on any atom is 0.335 e. The molecule has 1 N–H and O–H groups in total. The first-order valence-electron chi connectivity index (χ1n) is 10.9. The highest BCUT2D eigenvalue weighted by atomic mass is 79.9. The maximum atomic E-state index is 13.1. The molecule has 0 atom stereocenters. The Morgan fingerprint density at radius 1 is 1.14 bits per heavy atom. The van der Waals surface area contributed by atoms with Crippen molar-refractivity contribution < 1.29 is 28.8 Å². The van der Waals surface area contributed by atoms with Crippen LogP contribution in [0.1, 0.15) is 38.2 Å². The van der Waals surface area contributed by atoms with E-state index in [0.717, 1.165) is 31.7 Å². The Hall–Kier alpha value is -3.73. The number of methoxy groups -OCH3 is 1. The topological polar surface area (TPSA) is 128 Å². The van der Waals surface area contributed by atoms with E-state index < -0.39 is 22.8 Å². The molecule has 1 heterocycles. The van der Waals surface area contributed by atoms with Crippen molar-refractivity contribution >= 4 is 51.2 Å². The molecule has 0 saturated carbocycles. The number of barbiturate groups is 1. The number of non-ortho nitro benzene ring substituents is 1. The lowest BCUT2D eigenvalue weighted by Crippen LogP contribution is -2.54. The van der Waals surface area contributed by atoms with Crippen LogP contribution in [0.2, 0.25) is 0 Å². The highest BCUT2D eigenvalue weighted by Gasteiger charge is 2.37. The van der Waals surface area contributed by atoms with Crippen LogP contribution in [0.3, 0.4) is 0 Å². The highest BCUT2D eigenvalue weighted by Crippen LogP contribution is 2.38. The predicted octanol–water partition coefficient (Wildman–Crippen LogP) is 4.99. The fourth-order valence-electron chi connectivity index (χ4n) is 3.47. The molecule has 2 aromatic rings. The van der Waals surface area contributed by atoms with Crippen LogP contribution >= 0.6 is 15.9 Å². The standard InChI is InChI=1S/C24H24BrN3O7/c1-3-4-5-6-10-35-21-19(25)12-15(13-20(21)34-2)11-18-22(29)26-24(31)27(23(18)30)16-8-7-9-17(14-16)28(32)33/h7-9,11-14H,3-6,10H2,1-2H3,(H,26,29,31)/b18-11-. The van der Waals surface area contributed by atoms with Gasteiger partial charge in [0.25, 0.3) is 17.5 Å². The van der Waals surface area contributed by atoms with E-state index in [0.29, 0.717) is 33.0 Å². The Bertz CT molecular complexity index is 1200. The number of imide groups is 2. The van der Waals surface area contributed by atoms with E-state index in [1.807, 2.05) is 0 Å². The number of nitrogens with zero attached hydrogens (tertiary/aromatic N) is 2. The number of amides is 4. The number of hydrogen-bond acceptors (Lipinski definition) is 7. The van der Waals surface area contributed by atoms with Gasteiger partial charge in [0.05, 0.1) is 28.8 Å². The number of halogens is 1. The van der Waals surface area contributed by atoms with Gasteiger partial charge in [-0.15, -0.1) is 0 Å². The fraction of sp³-hybridized carbons (Fsp3) is 0.292. The van der Waals surface area contributed by atoms with E-state index in [-0.39, 0.29) is 16.9 Å². The molecule has 10 nitrogen and oxygen atoms in total. The second-order valence-electron chi connectivity index (χ2n) is 7.68. The van der Waals surface area contributed by atoms with Crippen molar-refractivity contribution in [3.05, 3.63) is 62.1 Å². The second-order valence-corrected chi connectivity index (χ2v) is 8.53. The largest absolute Gasteiger partial charge is 0.493 e. The Balaban J connectivity index is 1.91. The van der Waals surface area contributed by atoms with Gasteiger partial charge in [-0.3, -0.25) is 25.0 Å².